The molecule has 0 amide bonds. The highest BCUT2D eigenvalue weighted by Crippen LogP contribution is 2.24. The number of fused-ring (bicyclic) bond motifs is 1. The van der Waals surface area contributed by atoms with E-state index in [1.807, 2.05) is 35.3 Å². The zero-order valence-corrected chi connectivity index (χ0v) is 18.9. The summed E-state index contributed by atoms with van der Waals surface area (Å²) in [6.45, 7) is 8.94. The Morgan fingerprint density at radius 1 is 1.38 bits per heavy atom. The van der Waals surface area contributed by atoms with Gasteiger partial charge in [0.05, 0.1) is 12.2 Å². The second-order valence-corrected chi connectivity index (χ2v) is 7.46. The van der Waals surface area contributed by atoms with Gasteiger partial charge in [-0.3, -0.25) is 9.58 Å². The Morgan fingerprint density at radius 3 is 2.96 bits per heavy atom. The molecular weight excluding hydrogens is 459 g/mol. The van der Waals surface area contributed by atoms with Crippen molar-refractivity contribution in [2.75, 3.05) is 19.6 Å². The molecule has 2 N–H and O–H groups in total. The van der Waals surface area contributed by atoms with E-state index in [2.05, 4.69) is 50.9 Å². The third-order valence-corrected chi connectivity index (χ3v) is 5.71. The summed E-state index contributed by atoms with van der Waals surface area (Å²) in [5, 5.41) is 13.2. The Morgan fingerprint density at radius 2 is 2.23 bits per heavy atom. The van der Waals surface area contributed by atoms with Crippen LogP contribution < -0.4 is 10.6 Å². The minimum atomic E-state index is 0. The Bertz CT molecular complexity index is 710. The second-order valence-electron chi connectivity index (χ2n) is 6.46. The summed E-state index contributed by atoms with van der Waals surface area (Å²) in [4.78, 5) is 8.78. The number of nitrogens with zero attached hydrogens (tertiary/aromatic N) is 4. The molecule has 2 aromatic rings. The molecule has 8 heteroatoms. The standard InChI is InChI=1S/C18H28N6S.HI/c1-4-19-18(21-12-16-5-8-22-23(16)3)20-11-14(2)24-9-6-17-15(13-24)7-10-25-17;/h5,7-8,10,14H,4,6,9,11-13H2,1-3H3,(H2,19,20,21);1H. The molecule has 0 saturated heterocycles. The van der Waals surface area contributed by atoms with E-state index in [1.165, 1.54) is 12.0 Å². The van der Waals surface area contributed by atoms with Crippen LogP contribution in [0.5, 0.6) is 0 Å². The Kier molecular flexibility index (Phi) is 8.36. The highest BCUT2D eigenvalue weighted by molar-refractivity contribution is 14.0. The number of hydrogen-bond donors (Lipinski definition) is 2. The average molecular weight is 488 g/mol. The molecule has 26 heavy (non-hydrogen) atoms. The summed E-state index contributed by atoms with van der Waals surface area (Å²) >= 11 is 1.89. The lowest BCUT2D eigenvalue weighted by molar-refractivity contribution is 0.192. The number of aryl methyl sites for hydroxylation is 1. The van der Waals surface area contributed by atoms with Crippen molar-refractivity contribution < 1.29 is 0 Å². The number of hydrogen-bond acceptors (Lipinski definition) is 4. The van der Waals surface area contributed by atoms with Crippen LogP contribution in [0.15, 0.2) is 28.7 Å². The molecule has 0 spiro atoms. The fourth-order valence-electron chi connectivity index (χ4n) is 3.08. The fourth-order valence-corrected chi connectivity index (χ4v) is 3.97. The third-order valence-electron chi connectivity index (χ3n) is 4.69. The predicted molar refractivity (Wildman–Crippen MR) is 119 cm³/mol. The van der Waals surface area contributed by atoms with Crippen molar-refractivity contribution >= 4 is 41.3 Å². The summed E-state index contributed by atoms with van der Waals surface area (Å²) in [6.07, 6.45) is 2.98. The van der Waals surface area contributed by atoms with E-state index in [-0.39, 0.29) is 24.0 Å². The smallest absolute Gasteiger partial charge is 0.191 e. The van der Waals surface area contributed by atoms with Gasteiger partial charge < -0.3 is 10.6 Å². The highest BCUT2D eigenvalue weighted by Gasteiger charge is 2.21. The van der Waals surface area contributed by atoms with Crippen molar-refractivity contribution in [2.24, 2.45) is 12.0 Å². The van der Waals surface area contributed by atoms with Crippen LogP contribution >= 0.6 is 35.3 Å². The maximum Gasteiger partial charge on any atom is 0.191 e. The number of aromatic nitrogens is 2. The quantitative estimate of drug-likeness (QED) is 0.373. The van der Waals surface area contributed by atoms with Crippen LogP contribution in [0.1, 0.15) is 30.0 Å². The van der Waals surface area contributed by atoms with Gasteiger partial charge in [0.25, 0.3) is 0 Å². The molecule has 1 unspecified atom stereocenters. The van der Waals surface area contributed by atoms with Crippen molar-refractivity contribution in [1.29, 1.82) is 0 Å². The first kappa shape index (κ1) is 21.2. The first-order valence-electron chi connectivity index (χ1n) is 8.95. The van der Waals surface area contributed by atoms with E-state index in [0.717, 1.165) is 37.8 Å². The topological polar surface area (TPSA) is 57.5 Å². The Balaban J connectivity index is 0.00000243. The molecule has 3 rings (SSSR count). The maximum absolute atomic E-state index is 4.68. The van der Waals surface area contributed by atoms with E-state index < -0.39 is 0 Å². The maximum atomic E-state index is 4.68. The summed E-state index contributed by atoms with van der Waals surface area (Å²) in [7, 11) is 1.95. The molecular formula is C18H29IN6S. The van der Waals surface area contributed by atoms with E-state index in [0.29, 0.717) is 12.6 Å². The van der Waals surface area contributed by atoms with E-state index in [9.17, 15) is 0 Å². The van der Waals surface area contributed by atoms with E-state index in [4.69, 9.17) is 0 Å². The molecule has 1 aliphatic rings. The van der Waals surface area contributed by atoms with Gasteiger partial charge in [-0.1, -0.05) is 0 Å². The lowest BCUT2D eigenvalue weighted by Crippen LogP contribution is -2.47. The number of guanidine groups is 1. The second kappa shape index (κ2) is 10.3. The number of rotatable bonds is 6. The van der Waals surface area contributed by atoms with Gasteiger partial charge >= 0.3 is 0 Å². The van der Waals surface area contributed by atoms with Gasteiger partial charge in [-0.25, -0.2) is 4.99 Å². The van der Waals surface area contributed by atoms with Crippen LogP contribution in [0.2, 0.25) is 0 Å². The summed E-state index contributed by atoms with van der Waals surface area (Å²) in [5.74, 6) is 0.865. The van der Waals surface area contributed by atoms with Crippen LogP contribution in [0, 0.1) is 0 Å². The molecule has 0 aliphatic carbocycles. The summed E-state index contributed by atoms with van der Waals surface area (Å²) < 4.78 is 1.86. The lowest BCUT2D eigenvalue weighted by Gasteiger charge is -2.32. The monoisotopic (exact) mass is 488 g/mol. The van der Waals surface area contributed by atoms with Crippen molar-refractivity contribution in [3.63, 3.8) is 0 Å². The Labute approximate surface area is 177 Å². The van der Waals surface area contributed by atoms with E-state index in [1.54, 1.807) is 4.88 Å². The van der Waals surface area contributed by atoms with Gasteiger partial charge in [0.2, 0.25) is 0 Å². The van der Waals surface area contributed by atoms with Crippen LogP contribution in [0.4, 0.5) is 0 Å². The van der Waals surface area contributed by atoms with E-state index >= 15 is 0 Å². The molecule has 0 fully saturated rings. The number of nitrogens with one attached hydrogen (secondary N) is 2. The Hall–Kier alpha value is -1.13. The lowest BCUT2D eigenvalue weighted by atomic mass is 10.1. The first-order chi connectivity index (χ1) is 12.2. The normalized spacial score (nSPS) is 15.9. The molecule has 2 aromatic heterocycles. The molecule has 0 bridgehead atoms. The molecule has 0 radical (unpaired) electrons. The number of halogens is 1. The SMILES string of the molecule is CCNC(=NCc1ccnn1C)NCC(C)N1CCc2sccc2C1.I. The molecule has 1 aliphatic heterocycles. The summed E-state index contributed by atoms with van der Waals surface area (Å²) in [6, 6.07) is 4.74. The summed E-state index contributed by atoms with van der Waals surface area (Å²) in [5.41, 5.74) is 2.60. The minimum Gasteiger partial charge on any atom is -0.357 e. The van der Waals surface area contributed by atoms with Gasteiger partial charge in [-0.05, 0) is 43.3 Å². The van der Waals surface area contributed by atoms with Crippen LogP contribution in [-0.2, 0) is 26.6 Å². The van der Waals surface area contributed by atoms with Gasteiger partial charge in [-0.2, -0.15) is 5.10 Å². The average Bonchev–Trinajstić information content (AvgIpc) is 3.25. The molecule has 3 heterocycles. The first-order valence-corrected chi connectivity index (χ1v) is 9.83. The zero-order valence-electron chi connectivity index (χ0n) is 15.7. The number of thiophene rings is 1. The van der Waals surface area contributed by atoms with Crippen molar-refractivity contribution in [1.82, 2.24) is 25.3 Å². The van der Waals surface area contributed by atoms with Crippen molar-refractivity contribution in [3.8, 4) is 0 Å². The predicted octanol–water partition coefficient (Wildman–Crippen LogP) is 2.60. The molecule has 1 atom stereocenters. The minimum absolute atomic E-state index is 0. The van der Waals surface area contributed by atoms with Crippen molar-refractivity contribution in [2.45, 2.75) is 39.4 Å². The van der Waals surface area contributed by atoms with Crippen molar-refractivity contribution in [3.05, 3.63) is 39.8 Å². The third kappa shape index (κ3) is 5.43. The molecule has 0 aromatic carbocycles. The van der Waals surface area contributed by atoms with Gasteiger partial charge in [-0.15, -0.1) is 35.3 Å². The van der Waals surface area contributed by atoms with Gasteiger partial charge in [0, 0.05) is 50.3 Å². The zero-order chi connectivity index (χ0) is 17.6. The van der Waals surface area contributed by atoms with Crippen LogP contribution in [0.25, 0.3) is 0 Å². The van der Waals surface area contributed by atoms with Crippen LogP contribution in [0.3, 0.4) is 0 Å². The molecule has 0 saturated carbocycles. The van der Waals surface area contributed by atoms with Gasteiger partial charge in [0.15, 0.2) is 5.96 Å². The molecule has 6 nitrogen and oxygen atoms in total. The molecule has 144 valence electrons. The fraction of sp³-hybridized carbons (Fsp3) is 0.556. The van der Waals surface area contributed by atoms with Crippen LogP contribution in [-0.4, -0.2) is 46.3 Å². The largest absolute Gasteiger partial charge is 0.357 e. The highest BCUT2D eigenvalue weighted by atomic mass is 127. The number of aliphatic imine (C=N–C) groups is 1. The van der Waals surface area contributed by atoms with Gasteiger partial charge in [0.1, 0.15) is 0 Å².